The first-order valence-electron chi connectivity index (χ1n) is 8.45. The monoisotopic (exact) mass is 418 g/mol. The zero-order valence-electron chi connectivity index (χ0n) is 15.1. The quantitative estimate of drug-likeness (QED) is 0.616. The number of rotatable bonds is 7. The molecule has 9 heteroatoms. The van der Waals surface area contributed by atoms with Gasteiger partial charge in [-0.1, -0.05) is 41.9 Å². The van der Waals surface area contributed by atoms with Crippen molar-refractivity contribution < 1.29 is 13.2 Å². The highest BCUT2D eigenvalue weighted by Crippen LogP contribution is 2.16. The highest BCUT2D eigenvalue weighted by Gasteiger charge is 2.12. The van der Waals surface area contributed by atoms with Gasteiger partial charge in [0.05, 0.1) is 23.2 Å². The van der Waals surface area contributed by atoms with Gasteiger partial charge in [0.15, 0.2) is 0 Å². The van der Waals surface area contributed by atoms with Crippen LogP contribution >= 0.6 is 11.6 Å². The van der Waals surface area contributed by atoms with E-state index in [1.54, 1.807) is 29.1 Å². The van der Waals surface area contributed by atoms with Crippen molar-refractivity contribution in [2.75, 3.05) is 7.05 Å². The second kappa shape index (κ2) is 8.55. The first kappa shape index (κ1) is 20.1. The maximum absolute atomic E-state index is 12.3. The second-order valence-corrected chi connectivity index (χ2v) is 8.35. The maximum atomic E-state index is 12.3. The third kappa shape index (κ3) is 4.78. The van der Waals surface area contributed by atoms with Crippen LogP contribution in [0.3, 0.4) is 0 Å². The minimum absolute atomic E-state index is 0.172. The van der Waals surface area contributed by atoms with Crippen molar-refractivity contribution in [3.8, 4) is 0 Å². The molecular formula is C19H19ClN4O3S. The third-order valence-electron chi connectivity index (χ3n) is 4.14. The fourth-order valence-electron chi connectivity index (χ4n) is 2.56. The van der Waals surface area contributed by atoms with Crippen LogP contribution in [0.25, 0.3) is 0 Å². The highest BCUT2D eigenvalue weighted by molar-refractivity contribution is 7.89. The summed E-state index contributed by atoms with van der Waals surface area (Å²) in [6, 6.07) is 13.8. The molecule has 0 saturated carbocycles. The lowest BCUT2D eigenvalue weighted by Crippen LogP contribution is -2.22. The Morgan fingerprint density at radius 1 is 1.14 bits per heavy atom. The van der Waals surface area contributed by atoms with Crippen LogP contribution in [0, 0.1) is 0 Å². The lowest BCUT2D eigenvalue weighted by molar-refractivity contribution is 0.0951. The molecule has 1 heterocycles. The van der Waals surface area contributed by atoms with Gasteiger partial charge in [0, 0.05) is 17.8 Å². The number of nitrogens with zero attached hydrogens (tertiary/aromatic N) is 2. The second-order valence-electron chi connectivity index (χ2n) is 6.05. The van der Waals surface area contributed by atoms with Gasteiger partial charge in [-0.05, 0) is 36.4 Å². The number of benzene rings is 2. The molecule has 7 nitrogen and oxygen atoms in total. The number of carbonyl (C=O) groups excluding carboxylic acids is 1. The van der Waals surface area contributed by atoms with Gasteiger partial charge in [0.25, 0.3) is 5.91 Å². The van der Waals surface area contributed by atoms with Crippen molar-refractivity contribution in [2.45, 2.75) is 18.0 Å². The van der Waals surface area contributed by atoms with Gasteiger partial charge in [-0.3, -0.25) is 9.48 Å². The fraction of sp³-hybridized carbons (Fsp3) is 0.158. The molecule has 0 radical (unpaired) electrons. The number of nitrogens with one attached hydrogen (secondary N) is 2. The minimum Gasteiger partial charge on any atom is -0.348 e. The number of hydrogen-bond acceptors (Lipinski definition) is 4. The summed E-state index contributed by atoms with van der Waals surface area (Å²) in [5.41, 5.74) is 2.13. The van der Waals surface area contributed by atoms with Gasteiger partial charge >= 0.3 is 0 Å². The van der Waals surface area contributed by atoms with Crippen LogP contribution in [0.15, 0.2) is 65.8 Å². The van der Waals surface area contributed by atoms with E-state index in [1.807, 2.05) is 18.2 Å². The minimum atomic E-state index is -3.47. The first-order valence-corrected chi connectivity index (χ1v) is 10.3. The largest absolute Gasteiger partial charge is 0.348 e. The Bertz CT molecular complexity index is 1080. The molecule has 1 amide bonds. The van der Waals surface area contributed by atoms with Crippen LogP contribution in [0.2, 0.25) is 5.02 Å². The van der Waals surface area contributed by atoms with E-state index in [0.717, 1.165) is 11.1 Å². The molecule has 2 aromatic carbocycles. The average molecular weight is 419 g/mol. The van der Waals surface area contributed by atoms with Crippen molar-refractivity contribution in [2.24, 2.45) is 0 Å². The zero-order valence-corrected chi connectivity index (χ0v) is 16.7. The van der Waals surface area contributed by atoms with E-state index >= 15 is 0 Å². The van der Waals surface area contributed by atoms with Crippen molar-refractivity contribution in [1.82, 2.24) is 19.8 Å². The molecule has 3 rings (SSSR count). The molecule has 0 saturated heterocycles. The summed E-state index contributed by atoms with van der Waals surface area (Å²) in [4.78, 5) is 12.5. The molecule has 28 heavy (non-hydrogen) atoms. The van der Waals surface area contributed by atoms with Gasteiger partial charge in [-0.2, -0.15) is 5.10 Å². The highest BCUT2D eigenvalue weighted by atomic mass is 35.5. The van der Waals surface area contributed by atoms with Crippen molar-refractivity contribution in [3.05, 3.63) is 82.6 Å². The Morgan fingerprint density at radius 3 is 2.54 bits per heavy atom. The lowest BCUT2D eigenvalue weighted by Gasteiger charge is -2.06. The molecule has 2 N–H and O–H groups in total. The summed E-state index contributed by atoms with van der Waals surface area (Å²) in [5.74, 6) is -0.266. The van der Waals surface area contributed by atoms with Crippen LogP contribution < -0.4 is 10.0 Å². The predicted octanol–water partition coefficient (Wildman–Crippen LogP) is 2.42. The van der Waals surface area contributed by atoms with Crippen molar-refractivity contribution in [3.63, 3.8) is 0 Å². The Labute approximate surface area is 168 Å². The molecule has 0 aliphatic heterocycles. The van der Waals surface area contributed by atoms with E-state index in [0.29, 0.717) is 17.1 Å². The predicted molar refractivity (Wildman–Crippen MR) is 107 cm³/mol. The van der Waals surface area contributed by atoms with E-state index in [4.69, 9.17) is 11.6 Å². The van der Waals surface area contributed by atoms with Crippen LogP contribution in [0.1, 0.15) is 21.5 Å². The summed E-state index contributed by atoms with van der Waals surface area (Å²) in [7, 11) is -2.12. The number of halogens is 1. The van der Waals surface area contributed by atoms with Crippen LogP contribution in [0.5, 0.6) is 0 Å². The lowest BCUT2D eigenvalue weighted by atomic mass is 10.2. The van der Waals surface area contributed by atoms with Gasteiger partial charge in [0.2, 0.25) is 10.0 Å². The number of sulfonamides is 1. The summed E-state index contributed by atoms with van der Waals surface area (Å²) in [5, 5.41) is 7.64. The van der Waals surface area contributed by atoms with E-state index < -0.39 is 10.0 Å². The fourth-order valence-corrected chi connectivity index (χ4v) is 3.48. The van der Waals surface area contributed by atoms with E-state index in [9.17, 15) is 13.2 Å². The maximum Gasteiger partial charge on any atom is 0.254 e. The molecule has 146 valence electrons. The number of hydrogen-bond donors (Lipinski definition) is 2. The molecule has 0 aliphatic rings. The number of carbonyl (C=O) groups is 1. The normalized spacial score (nSPS) is 11.4. The van der Waals surface area contributed by atoms with Crippen molar-refractivity contribution in [1.29, 1.82) is 0 Å². The molecule has 0 atom stereocenters. The van der Waals surface area contributed by atoms with Gasteiger partial charge < -0.3 is 5.32 Å². The number of amides is 1. The smallest absolute Gasteiger partial charge is 0.254 e. The standard InChI is InChI=1S/C19H19ClN4O3S/c1-21-28(26,27)17-8-6-14(7-9-17)10-22-19(25)16-11-23-24(13-16)12-15-4-2-3-5-18(15)20/h2-9,11,13,21H,10,12H2,1H3,(H,22,25). The van der Waals surface area contributed by atoms with Gasteiger partial charge in [-0.25, -0.2) is 13.1 Å². The molecule has 0 fully saturated rings. The Morgan fingerprint density at radius 2 is 1.86 bits per heavy atom. The van der Waals surface area contributed by atoms with Gasteiger partial charge in [-0.15, -0.1) is 0 Å². The third-order valence-corrected chi connectivity index (χ3v) is 5.94. The zero-order chi connectivity index (χ0) is 20.1. The van der Waals surface area contributed by atoms with E-state index in [2.05, 4.69) is 15.1 Å². The number of aromatic nitrogens is 2. The summed E-state index contributed by atoms with van der Waals surface area (Å²) >= 11 is 6.15. The molecule has 1 aromatic heterocycles. The molecular weight excluding hydrogens is 400 g/mol. The summed E-state index contributed by atoms with van der Waals surface area (Å²) in [6.45, 7) is 0.739. The van der Waals surface area contributed by atoms with Crippen LogP contribution in [-0.4, -0.2) is 31.2 Å². The van der Waals surface area contributed by atoms with Crippen molar-refractivity contribution >= 4 is 27.5 Å². The van der Waals surface area contributed by atoms with Gasteiger partial charge in [0.1, 0.15) is 0 Å². The molecule has 0 unspecified atom stereocenters. The Kier molecular flexibility index (Phi) is 6.13. The van der Waals surface area contributed by atoms with Crippen LogP contribution in [-0.2, 0) is 23.1 Å². The molecule has 0 bridgehead atoms. The van der Waals surface area contributed by atoms with Crippen LogP contribution in [0.4, 0.5) is 0 Å². The topological polar surface area (TPSA) is 93.1 Å². The Hall–Kier alpha value is -2.68. The van der Waals surface area contributed by atoms with E-state index in [-0.39, 0.29) is 17.3 Å². The Balaban J connectivity index is 1.60. The van der Waals surface area contributed by atoms with E-state index in [1.165, 1.54) is 25.4 Å². The molecule has 3 aromatic rings. The summed E-state index contributed by atoms with van der Waals surface area (Å²) in [6.07, 6.45) is 3.15. The molecule has 0 spiro atoms. The SMILES string of the molecule is CNS(=O)(=O)c1ccc(CNC(=O)c2cnn(Cc3ccccc3Cl)c2)cc1. The average Bonchev–Trinajstić information content (AvgIpc) is 3.17. The molecule has 0 aliphatic carbocycles. The summed E-state index contributed by atoms with van der Waals surface area (Å²) < 4.78 is 27.3. The first-order chi connectivity index (χ1) is 13.4.